The SMILES string of the molecule is CC(C)c1nn(Cc2ccncc2)c2c1C(CC(=O)O)CCC2. The van der Waals surface area contributed by atoms with Crippen LogP contribution in [0.1, 0.15) is 67.5 Å². The minimum Gasteiger partial charge on any atom is -0.481 e. The third-order valence-electron chi connectivity index (χ3n) is 4.55. The molecule has 1 aliphatic rings. The summed E-state index contributed by atoms with van der Waals surface area (Å²) in [6.07, 6.45) is 6.75. The number of carboxylic acid groups (broad SMARTS) is 1. The third kappa shape index (κ3) is 3.28. The van der Waals surface area contributed by atoms with Crippen LogP contribution in [0.25, 0.3) is 0 Å². The molecular formula is C18H23N3O2. The summed E-state index contributed by atoms with van der Waals surface area (Å²) < 4.78 is 2.08. The van der Waals surface area contributed by atoms with E-state index in [2.05, 4.69) is 23.5 Å². The number of nitrogens with zero attached hydrogens (tertiary/aromatic N) is 3. The quantitative estimate of drug-likeness (QED) is 0.919. The molecule has 0 saturated carbocycles. The van der Waals surface area contributed by atoms with Crippen molar-refractivity contribution in [2.24, 2.45) is 0 Å². The van der Waals surface area contributed by atoms with Crippen LogP contribution in [0.2, 0.25) is 0 Å². The molecule has 1 aliphatic carbocycles. The maximum Gasteiger partial charge on any atom is 0.303 e. The van der Waals surface area contributed by atoms with Crippen LogP contribution >= 0.6 is 0 Å². The summed E-state index contributed by atoms with van der Waals surface area (Å²) in [5.74, 6) is -0.323. The Morgan fingerprint density at radius 2 is 2.13 bits per heavy atom. The van der Waals surface area contributed by atoms with Crippen molar-refractivity contribution in [2.75, 3.05) is 0 Å². The fourth-order valence-corrected chi connectivity index (χ4v) is 3.53. The van der Waals surface area contributed by atoms with E-state index in [1.54, 1.807) is 12.4 Å². The first kappa shape index (κ1) is 15.7. The molecule has 1 unspecified atom stereocenters. The van der Waals surface area contributed by atoms with E-state index in [0.29, 0.717) is 5.92 Å². The van der Waals surface area contributed by atoms with Gasteiger partial charge in [-0.15, -0.1) is 0 Å². The maximum atomic E-state index is 11.2. The van der Waals surface area contributed by atoms with E-state index in [0.717, 1.165) is 31.5 Å². The molecule has 1 atom stereocenters. The monoisotopic (exact) mass is 313 g/mol. The van der Waals surface area contributed by atoms with Gasteiger partial charge in [0.1, 0.15) is 0 Å². The molecule has 23 heavy (non-hydrogen) atoms. The van der Waals surface area contributed by atoms with Crippen LogP contribution in [0.3, 0.4) is 0 Å². The van der Waals surface area contributed by atoms with Gasteiger partial charge < -0.3 is 5.11 Å². The molecule has 0 aliphatic heterocycles. The molecule has 5 nitrogen and oxygen atoms in total. The molecule has 2 aromatic rings. The Morgan fingerprint density at radius 3 is 2.78 bits per heavy atom. The van der Waals surface area contributed by atoms with Crippen molar-refractivity contribution in [3.8, 4) is 0 Å². The molecule has 0 radical (unpaired) electrons. The molecule has 5 heteroatoms. The van der Waals surface area contributed by atoms with Gasteiger partial charge in [0.05, 0.1) is 18.7 Å². The predicted molar refractivity (Wildman–Crippen MR) is 87.6 cm³/mol. The molecule has 2 heterocycles. The number of rotatable bonds is 5. The average Bonchev–Trinajstić information content (AvgIpc) is 2.88. The number of aromatic nitrogens is 3. The van der Waals surface area contributed by atoms with Crippen LogP contribution < -0.4 is 0 Å². The molecule has 0 saturated heterocycles. The lowest BCUT2D eigenvalue weighted by Gasteiger charge is -2.23. The Bertz CT molecular complexity index is 692. The van der Waals surface area contributed by atoms with Gasteiger partial charge in [0.15, 0.2) is 0 Å². The van der Waals surface area contributed by atoms with Crippen LogP contribution in [-0.4, -0.2) is 25.8 Å². The summed E-state index contributed by atoms with van der Waals surface area (Å²) in [5.41, 5.74) is 4.66. The molecule has 1 N–H and O–H groups in total. The van der Waals surface area contributed by atoms with Crippen LogP contribution in [0.4, 0.5) is 0 Å². The van der Waals surface area contributed by atoms with E-state index in [9.17, 15) is 9.90 Å². The Labute approximate surface area is 136 Å². The van der Waals surface area contributed by atoms with Crippen molar-refractivity contribution in [1.29, 1.82) is 0 Å². The number of pyridine rings is 1. The van der Waals surface area contributed by atoms with Gasteiger partial charge in [0.25, 0.3) is 0 Å². The van der Waals surface area contributed by atoms with Gasteiger partial charge in [-0.25, -0.2) is 0 Å². The van der Waals surface area contributed by atoms with E-state index in [4.69, 9.17) is 5.10 Å². The van der Waals surface area contributed by atoms with Gasteiger partial charge in [0.2, 0.25) is 0 Å². The first-order valence-corrected chi connectivity index (χ1v) is 8.26. The van der Waals surface area contributed by atoms with Gasteiger partial charge in [-0.3, -0.25) is 14.5 Å². The highest BCUT2D eigenvalue weighted by molar-refractivity contribution is 5.68. The van der Waals surface area contributed by atoms with Crippen LogP contribution in [0, 0.1) is 0 Å². The van der Waals surface area contributed by atoms with Crippen molar-refractivity contribution in [1.82, 2.24) is 14.8 Å². The van der Waals surface area contributed by atoms with Crippen molar-refractivity contribution < 1.29 is 9.90 Å². The Balaban J connectivity index is 2.00. The van der Waals surface area contributed by atoms with Gasteiger partial charge >= 0.3 is 5.97 Å². The molecule has 122 valence electrons. The zero-order chi connectivity index (χ0) is 16.4. The number of hydrogen-bond acceptors (Lipinski definition) is 3. The highest BCUT2D eigenvalue weighted by Gasteiger charge is 2.30. The summed E-state index contributed by atoms with van der Waals surface area (Å²) in [7, 11) is 0. The van der Waals surface area contributed by atoms with Crippen LogP contribution in [0.15, 0.2) is 24.5 Å². The molecule has 0 bridgehead atoms. The van der Waals surface area contributed by atoms with E-state index in [1.807, 2.05) is 12.1 Å². The van der Waals surface area contributed by atoms with Crippen LogP contribution in [-0.2, 0) is 17.8 Å². The number of aliphatic carboxylic acids is 1. The number of carboxylic acids is 1. The summed E-state index contributed by atoms with van der Waals surface area (Å²) in [6, 6.07) is 4.00. The first-order chi connectivity index (χ1) is 11.1. The normalized spacial score (nSPS) is 17.3. The summed E-state index contributed by atoms with van der Waals surface area (Å²) in [6.45, 7) is 4.98. The first-order valence-electron chi connectivity index (χ1n) is 8.26. The number of carbonyl (C=O) groups is 1. The van der Waals surface area contributed by atoms with E-state index < -0.39 is 5.97 Å². The topological polar surface area (TPSA) is 68.0 Å². The zero-order valence-electron chi connectivity index (χ0n) is 13.7. The van der Waals surface area contributed by atoms with Crippen molar-refractivity contribution in [3.63, 3.8) is 0 Å². The third-order valence-corrected chi connectivity index (χ3v) is 4.55. The van der Waals surface area contributed by atoms with Gasteiger partial charge in [-0.1, -0.05) is 13.8 Å². The number of hydrogen-bond donors (Lipinski definition) is 1. The fraction of sp³-hybridized carbons (Fsp3) is 0.500. The molecule has 0 amide bonds. The smallest absolute Gasteiger partial charge is 0.303 e. The zero-order valence-corrected chi connectivity index (χ0v) is 13.7. The summed E-state index contributed by atoms with van der Waals surface area (Å²) >= 11 is 0. The van der Waals surface area contributed by atoms with E-state index in [1.165, 1.54) is 16.8 Å². The highest BCUT2D eigenvalue weighted by Crippen LogP contribution is 2.39. The van der Waals surface area contributed by atoms with Crippen molar-refractivity contribution in [2.45, 2.75) is 57.9 Å². The second-order valence-electron chi connectivity index (χ2n) is 6.60. The molecular weight excluding hydrogens is 290 g/mol. The molecule has 0 aromatic carbocycles. The fourth-order valence-electron chi connectivity index (χ4n) is 3.53. The standard InChI is InChI=1S/C18H23N3O2/c1-12(2)18-17-14(10-16(22)23)4-3-5-15(17)21(20-18)11-13-6-8-19-9-7-13/h6-9,12,14H,3-5,10-11H2,1-2H3,(H,22,23). The van der Waals surface area contributed by atoms with Gasteiger partial charge in [-0.2, -0.15) is 5.10 Å². The van der Waals surface area contributed by atoms with Crippen molar-refractivity contribution >= 4 is 5.97 Å². The summed E-state index contributed by atoms with van der Waals surface area (Å²) in [5, 5.41) is 14.1. The lowest BCUT2D eigenvalue weighted by molar-refractivity contribution is -0.137. The lowest BCUT2D eigenvalue weighted by Crippen LogP contribution is -2.16. The van der Waals surface area contributed by atoms with Crippen molar-refractivity contribution in [3.05, 3.63) is 47.0 Å². The minimum atomic E-state index is -0.723. The molecule has 2 aromatic heterocycles. The molecule has 3 rings (SSSR count). The highest BCUT2D eigenvalue weighted by atomic mass is 16.4. The lowest BCUT2D eigenvalue weighted by atomic mass is 9.81. The minimum absolute atomic E-state index is 0.0971. The molecule has 0 fully saturated rings. The van der Waals surface area contributed by atoms with E-state index in [-0.39, 0.29) is 12.3 Å². The Hall–Kier alpha value is -2.17. The maximum absolute atomic E-state index is 11.2. The largest absolute Gasteiger partial charge is 0.481 e. The second-order valence-corrected chi connectivity index (χ2v) is 6.60. The number of fused-ring (bicyclic) bond motifs is 1. The summed E-state index contributed by atoms with van der Waals surface area (Å²) in [4.78, 5) is 15.3. The van der Waals surface area contributed by atoms with Gasteiger partial charge in [0, 0.05) is 23.7 Å². The Morgan fingerprint density at radius 1 is 1.39 bits per heavy atom. The predicted octanol–water partition coefficient (Wildman–Crippen LogP) is 3.34. The average molecular weight is 313 g/mol. The van der Waals surface area contributed by atoms with E-state index >= 15 is 0 Å². The molecule has 0 spiro atoms. The van der Waals surface area contributed by atoms with Gasteiger partial charge in [-0.05, 0) is 48.8 Å². The second kappa shape index (κ2) is 6.52. The Kier molecular flexibility index (Phi) is 4.46. The van der Waals surface area contributed by atoms with Crippen LogP contribution in [0.5, 0.6) is 0 Å².